The Kier molecular flexibility index (Phi) is 5.93. The number of carbonyl (C=O) groups excluding carboxylic acids is 1. The molecular formula is C29H18Cl3N3O3S. The van der Waals surface area contributed by atoms with Gasteiger partial charge in [-0.1, -0.05) is 71.2 Å². The van der Waals surface area contributed by atoms with Crippen LogP contribution in [0.1, 0.15) is 29.3 Å². The average Bonchev–Trinajstić information content (AvgIpc) is 3.64. The minimum Gasteiger partial charge on any atom is -0.457 e. The van der Waals surface area contributed by atoms with Crippen molar-refractivity contribution in [3.8, 4) is 17.1 Å². The molecule has 1 spiro atoms. The van der Waals surface area contributed by atoms with Crippen LogP contribution in [0.5, 0.6) is 5.75 Å². The van der Waals surface area contributed by atoms with E-state index in [0.29, 0.717) is 49.2 Å². The first kappa shape index (κ1) is 24.7. The van der Waals surface area contributed by atoms with Gasteiger partial charge in [-0.2, -0.15) is 5.10 Å². The van der Waals surface area contributed by atoms with Crippen molar-refractivity contribution < 1.29 is 13.9 Å². The number of rotatable bonds is 3. The molecule has 3 aromatic carbocycles. The zero-order chi connectivity index (χ0) is 26.7. The van der Waals surface area contributed by atoms with E-state index in [4.69, 9.17) is 49.1 Å². The number of fused-ring (bicyclic) bond motifs is 4. The first-order valence-electron chi connectivity index (χ1n) is 12.1. The lowest BCUT2D eigenvalue weighted by Crippen LogP contribution is -2.61. The van der Waals surface area contributed by atoms with Crippen molar-refractivity contribution in [2.24, 2.45) is 5.10 Å². The third-order valence-electron chi connectivity index (χ3n) is 6.86. The molecule has 0 radical (unpaired) electrons. The van der Waals surface area contributed by atoms with Crippen molar-refractivity contribution in [2.45, 2.75) is 18.3 Å². The maximum absolute atomic E-state index is 12.9. The summed E-state index contributed by atoms with van der Waals surface area (Å²) in [6.45, 7) is 0. The fourth-order valence-corrected chi connectivity index (χ4v) is 6.71. The second kappa shape index (κ2) is 9.38. The first-order valence-corrected chi connectivity index (χ1v) is 14.0. The van der Waals surface area contributed by atoms with E-state index in [1.54, 1.807) is 36.4 Å². The van der Waals surface area contributed by atoms with Crippen molar-refractivity contribution >= 4 is 63.6 Å². The van der Waals surface area contributed by atoms with Crippen LogP contribution in [0.15, 0.2) is 93.3 Å². The van der Waals surface area contributed by atoms with Crippen molar-refractivity contribution in [3.05, 3.63) is 116 Å². The second-order valence-electron chi connectivity index (χ2n) is 9.22. The molecule has 1 amide bonds. The SMILES string of the molecule is O=C1NC2(Oc3ccccc3C3CC(c4ccc(Cl)cc4)=NN32)C(=Cc2ccc(-c3c(Cl)cccc3Cl)o2)S1. The zero-order valence-electron chi connectivity index (χ0n) is 20.0. The Balaban J connectivity index is 1.33. The summed E-state index contributed by atoms with van der Waals surface area (Å²) in [5.41, 5.74) is 3.43. The molecule has 2 unspecified atom stereocenters. The van der Waals surface area contributed by atoms with Crippen LogP contribution in [0.3, 0.4) is 0 Å². The number of hydrazone groups is 1. The molecule has 6 nitrogen and oxygen atoms in total. The van der Waals surface area contributed by atoms with Gasteiger partial charge in [-0.25, -0.2) is 5.01 Å². The number of halogens is 3. The molecule has 3 aliphatic heterocycles. The fourth-order valence-electron chi connectivity index (χ4n) is 5.11. The number of amides is 1. The van der Waals surface area contributed by atoms with Gasteiger partial charge in [0.25, 0.3) is 5.24 Å². The molecule has 39 heavy (non-hydrogen) atoms. The molecule has 1 N–H and O–H groups in total. The van der Waals surface area contributed by atoms with Crippen LogP contribution in [-0.2, 0) is 0 Å². The minimum atomic E-state index is -1.34. The average molecular weight is 595 g/mol. The number of hydrogen-bond donors (Lipinski definition) is 1. The van der Waals surface area contributed by atoms with Crippen molar-refractivity contribution in [1.29, 1.82) is 0 Å². The van der Waals surface area contributed by atoms with Gasteiger partial charge >= 0.3 is 5.85 Å². The summed E-state index contributed by atoms with van der Waals surface area (Å²) in [6, 6.07) is 24.1. The lowest BCUT2D eigenvalue weighted by Gasteiger charge is -2.44. The van der Waals surface area contributed by atoms with E-state index >= 15 is 0 Å². The van der Waals surface area contributed by atoms with Gasteiger partial charge in [0.1, 0.15) is 17.3 Å². The van der Waals surface area contributed by atoms with Gasteiger partial charge in [0, 0.05) is 17.0 Å². The van der Waals surface area contributed by atoms with Crippen LogP contribution in [0, 0.1) is 0 Å². The number of thioether (sulfide) groups is 1. The largest absolute Gasteiger partial charge is 0.457 e. The third kappa shape index (κ3) is 4.12. The Hall–Kier alpha value is -3.36. The molecule has 0 bridgehead atoms. The van der Waals surface area contributed by atoms with E-state index < -0.39 is 5.85 Å². The van der Waals surface area contributed by atoms with E-state index in [-0.39, 0.29) is 11.3 Å². The summed E-state index contributed by atoms with van der Waals surface area (Å²) < 4.78 is 12.7. The Morgan fingerprint density at radius 2 is 1.74 bits per heavy atom. The molecule has 1 fully saturated rings. The molecule has 0 saturated carbocycles. The van der Waals surface area contributed by atoms with E-state index in [1.165, 1.54) is 0 Å². The maximum Gasteiger partial charge on any atom is 0.314 e. The molecule has 7 rings (SSSR count). The number of benzene rings is 3. The Bertz CT molecular complexity index is 1680. The quantitative estimate of drug-likeness (QED) is 0.257. The third-order valence-corrected chi connectivity index (χ3v) is 8.65. The van der Waals surface area contributed by atoms with Crippen molar-refractivity contribution in [3.63, 3.8) is 0 Å². The standard InChI is InChI=1S/C29H18Cl3N3O3S/c30-17-10-8-16(9-11-17)22-15-23-19-4-1-2-7-24(19)38-29(35(23)34-22)26(39-28(36)33-29)14-18-12-13-25(37-18)27-20(31)5-3-6-21(27)32/h1-14,23H,15H2,(H,33,36). The summed E-state index contributed by atoms with van der Waals surface area (Å²) in [5.74, 6) is 0.373. The predicted molar refractivity (Wildman–Crippen MR) is 155 cm³/mol. The highest BCUT2D eigenvalue weighted by molar-refractivity contribution is 8.17. The molecule has 1 aromatic heterocycles. The van der Waals surface area contributed by atoms with E-state index in [9.17, 15) is 4.79 Å². The molecular weight excluding hydrogens is 577 g/mol. The van der Waals surface area contributed by atoms with Crippen LogP contribution >= 0.6 is 46.6 Å². The van der Waals surface area contributed by atoms with Crippen LogP contribution in [0.25, 0.3) is 17.4 Å². The molecule has 3 aliphatic rings. The molecule has 2 atom stereocenters. The van der Waals surface area contributed by atoms with Crippen LogP contribution in [0.4, 0.5) is 4.79 Å². The molecule has 4 aromatic rings. The van der Waals surface area contributed by atoms with Crippen molar-refractivity contribution in [1.82, 2.24) is 10.3 Å². The predicted octanol–water partition coefficient (Wildman–Crippen LogP) is 8.60. The van der Waals surface area contributed by atoms with Crippen LogP contribution in [0.2, 0.25) is 15.1 Å². The molecule has 10 heteroatoms. The molecule has 0 aliphatic carbocycles. The zero-order valence-corrected chi connectivity index (χ0v) is 23.1. The minimum absolute atomic E-state index is 0.155. The van der Waals surface area contributed by atoms with Crippen LogP contribution < -0.4 is 10.1 Å². The highest BCUT2D eigenvalue weighted by Crippen LogP contribution is 2.53. The van der Waals surface area contributed by atoms with E-state index in [2.05, 4.69) is 5.32 Å². The normalized spacial score (nSPS) is 22.5. The topological polar surface area (TPSA) is 67.1 Å². The molecule has 194 valence electrons. The highest BCUT2D eigenvalue weighted by atomic mass is 35.5. The number of ether oxygens (including phenoxy) is 1. The van der Waals surface area contributed by atoms with Gasteiger partial charge in [-0.05, 0) is 65.9 Å². The Labute approximate surface area is 243 Å². The summed E-state index contributed by atoms with van der Waals surface area (Å²) in [5, 5.41) is 11.2. The second-order valence-corrected chi connectivity index (χ2v) is 11.5. The van der Waals surface area contributed by atoms with Crippen molar-refractivity contribution in [2.75, 3.05) is 0 Å². The monoisotopic (exact) mass is 593 g/mol. The Morgan fingerprint density at radius 1 is 0.974 bits per heavy atom. The van der Waals surface area contributed by atoms with E-state index in [0.717, 1.165) is 28.6 Å². The van der Waals surface area contributed by atoms with Gasteiger partial charge in [-0.15, -0.1) is 0 Å². The number of nitrogens with zero attached hydrogens (tertiary/aromatic N) is 2. The first-order chi connectivity index (χ1) is 18.9. The lowest BCUT2D eigenvalue weighted by molar-refractivity contribution is -0.0949. The summed E-state index contributed by atoms with van der Waals surface area (Å²) in [4.78, 5) is 13.5. The summed E-state index contributed by atoms with van der Waals surface area (Å²) in [7, 11) is 0. The van der Waals surface area contributed by atoms with Gasteiger partial charge in [-0.3, -0.25) is 10.1 Å². The van der Waals surface area contributed by atoms with Gasteiger partial charge in [0.2, 0.25) is 0 Å². The maximum atomic E-state index is 12.9. The lowest BCUT2D eigenvalue weighted by atomic mass is 9.96. The number of nitrogens with one attached hydrogen (secondary N) is 1. The molecule has 4 heterocycles. The Morgan fingerprint density at radius 3 is 2.54 bits per heavy atom. The molecule has 1 saturated heterocycles. The number of hydrogen-bond acceptors (Lipinski definition) is 6. The number of para-hydroxylation sites is 1. The van der Waals surface area contributed by atoms with Gasteiger partial charge in [0.05, 0.1) is 32.3 Å². The number of furan rings is 1. The van der Waals surface area contributed by atoms with Gasteiger partial charge in [0.15, 0.2) is 0 Å². The number of carbonyl (C=O) groups is 1. The smallest absolute Gasteiger partial charge is 0.314 e. The summed E-state index contributed by atoms with van der Waals surface area (Å²) >= 11 is 20.0. The van der Waals surface area contributed by atoms with Crippen LogP contribution in [-0.4, -0.2) is 21.8 Å². The summed E-state index contributed by atoms with van der Waals surface area (Å²) in [6.07, 6.45) is 2.42. The van der Waals surface area contributed by atoms with Gasteiger partial charge < -0.3 is 9.15 Å². The highest BCUT2D eigenvalue weighted by Gasteiger charge is 2.58. The van der Waals surface area contributed by atoms with E-state index in [1.807, 2.05) is 53.5 Å². The fraction of sp³-hybridized carbons (Fsp3) is 0.103.